The van der Waals surface area contributed by atoms with Crippen molar-refractivity contribution in [1.29, 1.82) is 0 Å². The summed E-state index contributed by atoms with van der Waals surface area (Å²) >= 11 is 0. The van der Waals surface area contributed by atoms with Crippen molar-refractivity contribution in [3.05, 3.63) is 34.9 Å². The summed E-state index contributed by atoms with van der Waals surface area (Å²) in [4.78, 5) is 14.6. The fourth-order valence-corrected chi connectivity index (χ4v) is 2.08. The maximum absolute atomic E-state index is 12.7. The molecule has 0 aromatic heterocycles. The van der Waals surface area contributed by atoms with E-state index in [-0.39, 0.29) is 11.9 Å². The van der Waals surface area contributed by atoms with Gasteiger partial charge in [0.1, 0.15) is 0 Å². The average molecular weight is 272 g/mol. The van der Waals surface area contributed by atoms with Crippen molar-refractivity contribution < 1.29 is 4.79 Å². The molecule has 0 unspecified atom stereocenters. The molecule has 0 heterocycles. The van der Waals surface area contributed by atoms with Crippen LogP contribution in [0.15, 0.2) is 18.2 Å². The Balaban J connectivity index is 3.20. The van der Waals surface area contributed by atoms with Gasteiger partial charge in [-0.05, 0) is 44.9 Å². The maximum Gasteiger partial charge on any atom is 0.255 e. The molecule has 3 heteroatoms. The summed E-state index contributed by atoms with van der Waals surface area (Å²) in [7, 11) is 0. The summed E-state index contributed by atoms with van der Waals surface area (Å²) in [6.45, 7) is 9.19. The Hall–Kier alpha value is -1.79. The smallest absolute Gasteiger partial charge is 0.255 e. The molecule has 0 saturated carbocycles. The lowest BCUT2D eigenvalue weighted by Crippen LogP contribution is -2.37. The SMILES string of the molecule is CCCN(C(=O)c1ccc(C)cc1C#CCN)C(C)C. The van der Waals surface area contributed by atoms with Crippen LogP contribution < -0.4 is 5.73 Å². The van der Waals surface area contributed by atoms with Crippen LogP contribution in [0.1, 0.15) is 48.7 Å². The van der Waals surface area contributed by atoms with E-state index >= 15 is 0 Å². The molecular formula is C17H24N2O. The number of carbonyl (C=O) groups is 1. The Labute approximate surface area is 122 Å². The Morgan fingerprint density at radius 2 is 2.10 bits per heavy atom. The van der Waals surface area contributed by atoms with Gasteiger partial charge in [-0.3, -0.25) is 4.79 Å². The van der Waals surface area contributed by atoms with E-state index in [2.05, 4.69) is 18.8 Å². The number of benzene rings is 1. The van der Waals surface area contributed by atoms with Gasteiger partial charge < -0.3 is 10.6 Å². The third-order valence-electron chi connectivity index (χ3n) is 3.08. The Bertz CT molecular complexity index is 524. The van der Waals surface area contributed by atoms with E-state index in [0.29, 0.717) is 12.1 Å². The first-order valence-electron chi connectivity index (χ1n) is 7.11. The second kappa shape index (κ2) is 7.72. The first-order chi connectivity index (χ1) is 9.51. The second-order valence-corrected chi connectivity index (χ2v) is 5.15. The largest absolute Gasteiger partial charge is 0.336 e. The molecule has 0 saturated heterocycles. The normalized spacial score (nSPS) is 10.1. The molecule has 2 N–H and O–H groups in total. The van der Waals surface area contributed by atoms with Gasteiger partial charge in [0, 0.05) is 18.2 Å². The number of nitrogens with zero attached hydrogens (tertiary/aromatic N) is 1. The van der Waals surface area contributed by atoms with Crippen LogP contribution in [0.5, 0.6) is 0 Å². The standard InChI is InChI=1S/C17H24N2O/c1-5-11-19(13(2)3)17(20)16-9-8-14(4)12-15(16)7-6-10-18/h8-9,12-13H,5,10-11,18H2,1-4H3. The summed E-state index contributed by atoms with van der Waals surface area (Å²) in [5.41, 5.74) is 7.95. The van der Waals surface area contributed by atoms with Crippen LogP contribution in [0.2, 0.25) is 0 Å². The quantitative estimate of drug-likeness (QED) is 0.856. The summed E-state index contributed by atoms with van der Waals surface area (Å²) < 4.78 is 0. The van der Waals surface area contributed by atoms with Crippen molar-refractivity contribution in [3.8, 4) is 11.8 Å². The summed E-state index contributed by atoms with van der Waals surface area (Å²) in [5.74, 6) is 5.89. The van der Waals surface area contributed by atoms with E-state index in [1.54, 1.807) is 0 Å². The number of hydrogen-bond acceptors (Lipinski definition) is 2. The number of carbonyl (C=O) groups excluding carboxylic acids is 1. The fraction of sp³-hybridized carbons (Fsp3) is 0.471. The van der Waals surface area contributed by atoms with Crippen LogP contribution in [0.3, 0.4) is 0 Å². The lowest BCUT2D eigenvalue weighted by atomic mass is 10.0. The Kier molecular flexibility index (Phi) is 6.27. The minimum Gasteiger partial charge on any atom is -0.336 e. The van der Waals surface area contributed by atoms with Crippen LogP contribution in [-0.4, -0.2) is 29.9 Å². The van der Waals surface area contributed by atoms with Crippen molar-refractivity contribution in [1.82, 2.24) is 4.90 Å². The predicted molar refractivity (Wildman–Crippen MR) is 83.6 cm³/mol. The molecule has 0 atom stereocenters. The van der Waals surface area contributed by atoms with Crippen LogP contribution in [0, 0.1) is 18.8 Å². The number of rotatable bonds is 4. The van der Waals surface area contributed by atoms with Gasteiger partial charge in [-0.25, -0.2) is 0 Å². The zero-order chi connectivity index (χ0) is 15.1. The van der Waals surface area contributed by atoms with Gasteiger partial charge in [0.25, 0.3) is 5.91 Å². The Morgan fingerprint density at radius 1 is 1.40 bits per heavy atom. The van der Waals surface area contributed by atoms with Crippen LogP contribution in [-0.2, 0) is 0 Å². The minimum atomic E-state index is 0.0446. The fourth-order valence-electron chi connectivity index (χ4n) is 2.08. The third kappa shape index (κ3) is 4.11. The molecule has 108 valence electrons. The number of nitrogens with two attached hydrogens (primary N) is 1. The molecule has 0 aliphatic heterocycles. The first kappa shape index (κ1) is 16.3. The summed E-state index contributed by atoms with van der Waals surface area (Å²) in [6, 6.07) is 5.94. The highest BCUT2D eigenvalue weighted by atomic mass is 16.2. The van der Waals surface area contributed by atoms with E-state index in [0.717, 1.165) is 24.1 Å². The summed E-state index contributed by atoms with van der Waals surface area (Å²) in [5, 5.41) is 0. The number of amides is 1. The van der Waals surface area contributed by atoms with Crippen LogP contribution in [0.25, 0.3) is 0 Å². The van der Waals surface area contributed by atoms with Crippen LogP contribution >= 0.6 is 0 Å². The third-order valence-corrected chi connectivity index (χ3v) is 3.08. The molecule has 0 bridgehead atoms. The molecule has 0 aliphatic carbocycles. The van der Waals surface area contributed by atoms with Gasteiger partial charge in [-0.1, -0.05) is 24.8 Å². The highest BCUT2D eigenvalue weighted by Crippen LogP contribution is 2.15. The monoisotopic (exact) mass is 272 g/mol. The van der Waals surface area contributed by atoms with Crippen molar-refractivity contribution in [2.24, 2.45) is 5.73 Å². The maximum atomic E-state index is 12.7. The molecule has 20 heavy (non-hydrogen) atoms. The van der Waals surface area contributed by atoms with Crippen molar-refractivity contribution in [2.45, 2.75) is 40.2 Å². The topological polar surface area (TPSA) is 46.3 Å². The lowest BCUT2D eigenvalue weighted by molar-refractivity contribution is 0.0705. The molecule has 1 aromatic carbocycles. The molecule has 0 spiro atoms. The van der Waals surface area contributed by atoms with Crippen molar-refractivity contribution in [3.63, 3.8) is 0 Å². The zero-order valence-electron chi connectivity index (χ0n) is 12.9. The molecule has 1 rings (SSSR count). The zero-order valence-corrected chi connectivity index (χ0v) is 12.9. The highest BCUT2D eigenvalue weighted by Gasteiger charge is 2.20. The molecule has 0 aliphatic rings. The van der Waals surface area contributed by atoms with E-state index in [1.165, 1.54) is 0 Å². The van der Waals surface area contributed by atoms with E-state index in [1.807, 2.05) is 43.9 Å². The van der Waals surface area contributed by atoms with Gasteiger partial charge in [-0.2, -0.15) is 0 Å². The van der Waals surface area contributed by atoms with Crippen LogP contribution in [0.4, 0.5) is 0 Å². The van der Waals surface area contributed by atoms with E-state index in [9.17, 15) is 4.79 Å². The Morgan fingerprint density at radius 3 is 2.65 bits per heavy atom. The predicted octanol–water partition coefficient (Wildman–Crippen LogP) is 2.57. The molecule has 1 aromatic rings. The average Bonchev–Trinajstić information content (AvgIpc) is 2.41. The molecule has 0 fully saturated rings. The van der Waals surface area contributed by atoms with Gasteiger partial charge in [0.15, 0.2) is 0 Å². The van der Waals surface area contributed by atoms with Gasteiger partial charge >= 0.3 is 0 Å². The van der Waals surface area contributed by atoms with Gasteiger partial charge in [-0.15, -0.1) is 0 Å². The number of hydrogen-bond donors (Lipinski definition) is 1. The number of aryl methyl sites for hydroxylation is 1. The summed E-state index contributed by atoms with van der Waals surface area (Å²) in [6.07, 6.45) is 0.944. The van der Waals surface area contributed by atoms with Gasteiger partial charge in [0.2, 0.25) is 0 Å². The second-order valence-electron chi connectivity index (χ2n) is 5.15. The van der Waals surface area contributed by atoms with Crippen molar-refractivity contribution >= 4 is 5.91 Å². The first-order valence-corrected chi connectivity index (χ1v) is 7.11. The van der Waals surface area contributed by atoms with Crippen molar-refractivity contribution in [2.75, 3.05) is 13.1 Å². The minimum absolute atomic E-state index is 0.0446. The lowest BCUT2D eigenvalue weighted by Gasteiger charge is -2.27. The highest BCUT2D eigenvalue weighted by molar-refractivity contribution is 5.97. The van der Waals surface area contributed by atoms with E-state index in [4.69, 9.17) is 5.73 Å². The molecule has 3 nitrogen and oxygen atoms in total. The molecular weight excluding hydrogens is 248 g/mol. The molecule has 0 radical (unpaired) electrons. The molecule has 1 amide bonds. The van der Waals surface area contributed by atoms with E-state index < -0.39 is 0 Å². The van der Waals surface area contributed by atoms with Gasteiger partial charge in [0.05, 0.1) is 12.1 Å².